The van der Waals surface area contributed by atoms with E-state index in [1.54, 1.807) is 0 Å². The summed E-state index contributed by atoms with van der Waals surface area (Å²) in [5.41, 5.74) is 11.0. The zero-order valence-corrected chi connectivity index (χ0v) is 28.7. The van der Waals surface area contributed by atoms with Gasteiger partial charge < -0.3 is 9.32 Å². The molecule has 0 atom stereocenters. The highest BCUT2D eigenvalue weighted by molar-refractivity contribution is 6.17. The van der Waals surface area contributed by atoms with Crippen molar-refractivity contribution in [3.63, 3.8) is 0 Å². The lowest BCUT2D eigenvalue weighted by Gasteiger charge is -2.29. The van der Waals surface area contributed by atoms with E-state index in [4.69, 9.17) is 4.42 Å². The van der Waals surface area contributed by atoms with Crippen molar-refractivity contribution in [3.05, 3.63) is 212 Å². The summed E-state index contributed by atoms with van der Waals surface area (Å²) in [5, 5.41) is 6.85. The lowest BCUT2D eigenvalue weighted by atomic mass is 9.97. The fraction of sp³-hybridized carbons (Fsp3) is 0. The van der Waals surface area contributed by atoms with Crippen molar-refractivity contribution in [1.29, 1.82) is 0 Å². The van der Waals surface area contributed by atoms with E-state index < -0.39 is 0 Å². The van der Waals surface area contributed by atoms with Gasteiger partial charge in [0.1, 0.15) is 11.2 Å². The standard InChI is InChI=1S/C50H35NO/c1-3-41(31-34(2)38-28-27-36-17-7-8-19-39(36)32-38)51(42-21-13-20-40(33-42)35-15-5-4-6-16-35)48-26-12-11-23-44(48)45-24-14-25-46-47-30-29-37-18-9-10-22-43(37)49(47)52-50(45)46/h3-33H,1-2H2/b41-31+. The first-order valence-electron chi connectivity index (χ1n) is 17.6. The normalized spacial score (nSPS) is 11.7. The van der Waals surface area contributed by atoms with Crippen molar-refractivity contribution in [1.82, 2.24) is 0 Å². The highest BCUT2D eigenvalue weighted by Gasteiger charge is 2.22. The molecule has 0 amide bonds. The number of nitrogens with zero attached hydrogens (tertiary/aromatic N) is 1. The van der Waals surface area contributed by atoms with Gasteiger partial charge in [-0.25, -0.2) is 0 Å². The summed E-state index contributed by atoms with van der Waals surface area (Å²) in [4.78, 5) is 2.29. The van der Waals surface area contributed by atoms with Crippen molar-refractivity contribution < 1.29 is 4.42 Å². The Morgan fingerprint density at radius 2 is 1.15 bits per heavy atom. The second kappa shape index (κ2) is 13.1. The number of furan rings is 1. The molecule has 9 aromatic rings. The van der Waals surface area contributed by atoms with Crippen LogP contribution in [-0.4, -0.2) is 0 Å². The monoisotopic (exact) mass is 665 g/mol. The molecule has 0 bridgehead atoms. The van der Waals surface area contributed by atoms with Gasteiger partial charge in [0.05, 0.1) is 5.69 Å². The smallest absolute Gasteiger partial charge is 0.143 e. The van der Waals surface area contributed by atoms with Crippen LogP contribution in [0.4, 0.5) is 11.4 Å². The van der Waals surface area contributed by atoms with E-state index >= 15 is 0 Å². The van der Waals surface area contributed by atoms with E-state index in [-0.39, 0.29) is 0 Å². The molecule has 0 N–H and O–H groups in total. The second-order valence-electron chi connectivity index (χ2n) is 13.1. The molecule has 0 aliphatic carbocycles. The summed E-state index contributed by atoms with van der Waals surface area (Å²) in [6, 6.07) is 61.9. The zero-order chi connectivity index (χ0) is 35.0. The average molecular weight is 666 g/mol. The highest BCUT2D eigenvalue weighted by atomic mass is 16.3. The Morgan fingerprint density at radius 3 is 2.02 bits per heavy atom. The maximum atomic E-state index is 6.85. The number of fused-ring (bicyclic) bond motifs is 6. The first-order valence-corrected chi connectivity index (χ1v) is 17.6. The third-order valence-electron chi connectivity index (χ3n) is 9.95. The van der Waals surface area contributed by atoms with Gasteiger partial charge in [0.2, 0.25) is 0 Å². The molecule has 1 aromatic heterocycles. The van der Waals surface area contributed by atoms with Gasteiger partial charge in [-0.15, -0.1) is 0 Å². The topological polar surface area (TPSA) is 16.4 Å². The number of rotatable bonds is 8. The number of para-hydroxylation sites is 2. The minimum absolute atomic E-state index is 0.865. The van der Waals surface area contributed by atoms with Gasteiger partial charge in [0.15, 0.2) is 0 Å². The first-order chi connectivity index (χ1) is 25.7. The van der Waals surface area contributed by atoms with Crippen molar-refractivity contribution in [3.8, 4) is 22.3 Å². The SMILES string of the molecule is C=C/C(=C\C(=C)c1ccc2ccccc2c1)N(c1cccc(-c2ccccc2)c1)c1ccccc1-c1cccc2c1oc1c3ccccc3ccc21. The summed E-state index contributed by atoms with van der Waals surface area (Å²) in [6.07, 6.45) is 4.06. The molecule has 2 nitrogen and oxygen atoms in total. The maximum absolute atomic E-state index is 6.85. The van der Waals surface area contributed by atoms with Crippen molar-refractivity contribution in [2.24, 2.45) is 0 Å². The molecule has 0 saturated heterocycles. The van der Waals surface area contributed by atoms with Crippen LogP contribution in [0.5, 0.6) is 0 Å². The minimum atomic E-state index is 0.865. The molecule has 0 aliphatic rings. The van der Waals surface area contributed by atoms with Gasteiger partial charge in [-0.05, 0) is 80.9 Å². The number of allylic oxidation sites excluding steroid dienone is 3. The Balaban J connectivity index is 1.25. The number of anilines is 2. The summed E-state index contributed by atoms with van der Waals surface area (Å²) >= 11 is 0. The van der Waals surface area contributed by atoms with Crippen LogP contribution >= 0.6 is 0 Å². The molecular weight excluding hydrogens is 631 g/mol. The van der Waals surface area contributed by atoms with E-state index in [0.29, 0.717) is 0 Å². The molecule has 52 heavy (non-hydrogen) atoms. The number of benzene rings is 8. The van der Waals surface area contributed by atoms with E-state index in [2.05, 4.69) is 194 Å². The summed E-state index contributed by atoms with van der Waals surface area (Å²) < 4.78 is 6.85. The van der Waals surface area contributed by atoms with Crippen molar-refractivity contribution in [2.75, 3.05) is 4.90 Å². The van der Waals surface area contributed by atoms with E-state index in [1.807, 2.05) is 12.1 Å². The predicted molar refractivity (Wildman–Crippen MR) is 222 cm³/mol. The Morgan fingerprint density at radius 1 is 0.500 bits per heavy atom. The maximum Gasteiger partial charge on any atom is 0.143 e. The van der Waals surface area contributed by atoms with Gasteiger partial charge in [-0.1, -0.05) is 159 Å². The van der Waals surface area contributed by atoms with Crippen LogP contribution in [0.2, 0.25) is 0 Å². The second-order valence-corrected chi connectivity index (χ2v) is 13.1. The van der Waals surface area contributed by atoms with Crippen LogP contribution in [0.3, 0.4) is 0 Å². The van der Waals surface area contributed by atoms with Crippen molar-refractivity contribution >= 4 is 60.4 Å². The Hall–Kier alpha value is -6.90. The number of hydrogen-bond donors (Lipinski definition) is 0. The third kappa shape index (κ3) is 5.48. The predicted octanol–water partition coefficient (Wildman–Crippen LogP) is 14.1. The molecule has 0 unspecified atom stereocenters. The molecule has 0 saturated carbocycles. The highest BCUT2D eigenvalue weighted by Crippen LogP contribution is 2.44. The zero-order valence-electron chi connectivity index (χ0n) is 28.7. The largest absolute Gasteiger partial charge is 0.455 e. The summed E-state index contributed by atoms with van der Waals surface area (Å²) in [6.45, 7) is 8.91. The molecule has 0 radical (unpaired) electrons. The molecule has 9 rings (SSSR count). The molecule has 0 aliphatic heterocycles. The molecule has 1 heterocycles. The minimum Gasteiger partial charge on any atom is -0.455 e. The van der Waals surface area contributed by atoms with Crippen LogP contribution < -0.4 is 4.90 Å². The van der Waals surface area contributed by atoms with Gasteiger partial charge in [0, 0.05) is 38.7 Å². The van der Waals surface area contributed by atoms with E-state index in [1.165, 1.54) is 10.8 Å². The third-order valence-corrected chi connectivity index (χ3v) is 9.95. The van der Waals surface area contributed by atoms with Crippen LogP contribution in [0.25, 0.3) is 71.3 Å². The quantitative estimate of drug-likeness (QED) is 0.150. The lowest BCUT2D eigenvalue weighted by molar-refractivity contribution is 0.674. The fourth-order valence-electron chi connectivity index (χ4n) is 7.38. The molecule has 8 aromatic carbocycles. The Kier molecular flexibility index (Phi) is 7.83. The lowest BCUT2D eigenvalue weighted by Crippen LogP contribution is -2.16. The van der Waals surface area contributed by atoms with E-state index in [0.717, 1.165) is 83.2 Å². The fourth-order valence-corrected chi connectivity index (χ4v) is 7.38. The van der Waals surface area contributed by atoms with E-state index in [9.17, 15) is 0 Å². The van der Waals surface area contributed by atoms with Gasteiger partial charge in [0.25, 0.3) is 0 Å². The average Bonchev–Trinajstić information content (AvgIpc) is 3.61. The molecule has 2 heteroatoms. The first kappa shape index (κ1) is 31.1. The molecule has 0 spiro atoms. The van der Waals surface area contributed by atoms with Crippen LogP contribution in [0.15, 0.2) is 211 Å². The van der Waals surface area contributed by atoms with Crippen LogP contribution in [0, 0.1) is 0 Å². The van der Waals surface area contributed by atoms with Crippen LogP contribution in [-0.2, 0) is 0 Å². The number of hydrogen-bond acceptors (Lipinski definition) is 2. The summed E-state index contributed by atoms with van der Waals surface area (Å²) in [5.74, 6) is 0. The molecule has 0 fully saturated rings. The van der Waals surface area contributed by atoms with Gasteiger partial charge in [-0.3, -0.25) is 0 Å². The van der Waals surface area contributed by atoms with Gasteiger partial charge in [-0.2, -0.15) is 0 Å². The van der Waals surface area contributed by atoms with Gasteiger partial charge >= 0.3 is 0 Å². The molecule has 246 valence electrons. The van der Waals surface area contributed by atoms with Crippen molar-refractivity contribution in [2.45, 2.75) is 0 Å². The summed E-state index contributed by atoms with van der Waals surface area (Å²) in [7, 11) is 0. The van der Waals surface area contributed by atoms with Crippen LogP contribution in [0.1, 0.15) is 5.56 Å². The molecular formula is C50H35NO. The Bertz CT molecular complexity index is 2840. The Labute approximate surface area is 303 Å².